The molecule has 0 saturated heterocycles. The van der Waals surface area contributed by atoms with Gasteiger partial charge in [-0.2, -0.15) is 0 Å². The van der Waals surface area contributed by atoms with Crippen LogP contribution in [0.2, 0.25) is 0 Å². The van der Waals surface area contributed by atoms with E-state index in [2.05, 4.69) is 22.8 Å². The zero-order chi connectivity index (χ0) is 11.7. The van der Waals surface area contributed by atoms with E-state index in [9.17, 15) is 0 Å². The van der Waals surface area contributed by atoms with Crippen LogP contribution in [-0.4, -0.2) is 20.3 Å². The van der Waals surface area contributed by atoms with Crippen molar-refractivity contribution in [1.29, 1.82) is 0 Å². The number of rotatable bonds is 2. The highest BCUT2D eigenvalue weighted by Gasteiger charge is 2.12. The Labute approximate surface area is 104 Å². The fourth-order valence-corrected chi connectivity index (χ4v) is 2.71. The molecule has 0 aliphatic carbocycles. The molecule has 88 valence electrons. The normalized spacial score (nSPS) is 13.5. The molecule has 2 aromatic rings. The second-order valence-corrected chi connectivity index (χ2v) is 4.72. The van der Waals surface area contributed by atoms with Gasteiger partial charge in [0.2, 0.25) is 0 Å². The van der Waals surface area contributed by atoms with Gasteiger partial charge in [0.25, 0.3) is 0 Å². The summed E-state index contributed by atoms with van der Waals surface area (Å²) in [5.41, 5.74) is 2.31. The third-order valence-electron chi connectivity index (χ3n) is 2.71. The van der Waals surface area contributed by atoms with Crippen LogP contribution in [-0.2, 0) is 0 Å². The molecule has 1 aliphatic rings. The molecular weight excluding hydrogens is 234 g/mol. The Hall–Kier alpha value is -1.68. The van der Waals surface area contributed by atoms with E-state index in [1.807, 2.05) is 19.2 Å². The van der Waals surface area contributed by atoms with Gasteiger partial charge in [0.15, 0.2) is 11.5 Å². The largest absolute Gasteiger partial charge is 0.486 e. The van der Waals surface area contributed by atoms with Gasteiger partial charge in [-0.1, -0.05) is 0 Å². The number of benzene rings is 1. The molecule has 3 nitrogen and oxygen atoms in total. The molecule has 0 unspecified atom stereocenters. The van der Waals surface area contributed by atoms with E-state index in [1.54, 1.807) is 11.3 Å². The SMILES string of the molecule is CNc1csc(-c2ccc3c(c2)OCCO3)c1. The second kappa shape index (κ2) is 4.30. The van der Waals surface area contributed by atoms with E-state index in [0.29, 0.717) is 13.2 Å². The molecule has 3 rings (SSSR count). The van der Waals surface area contributed by atoms with E-state index in [1.165, 1.54) is 10.4 Å². The van der Waals surface area contributed by atoms with Crippen molar-refractivity contribution >= 4 is 17.0 Å². The van der Waals surface area contributed by atoms with Crippen molar-refractivity contribution in [1.82, 2.24) is 0 Å². The van der Waals surface area contributed by atoms with Gasteiger partial charge in [0, 0.05) is 23.0 Å². The number of thiophene rings is 1. The van der Waals surface area contributed by atoms with Crippen LogP contribution in [0, 0.1) is 0 Å². The first-order valence-electron chi connectivity index (χ1n) is 5.53. The van der Waals surface area contributed by atoms with Crippen LogP contribution in [0.1, 0.15) is 0 Å². The minimum atomic E-state index is 0.628. The van der Waals surface area contributed by atoms with Crippen LogP contribution in [0.3, 0.4) is 0 Å². The van der Waals surface area contributed by atoms with E-state index in [0.717, 1.165) is 17.2 Å². The minimum absolute atomic E-state index is 0.628. The highest BCUT2D eigenvalue weighted by Crippen LogP contribution is 2.37. The third kappa shape index (κ3) is 1.96. The fraction of sp³-hybridized carbons (Fsp3) is 0.231. The van der Waals surface area contributed by atoms with Gasteiger partial charge in [-0.25, -0.2) is 0 Å². The van der Waals surface area contributed by atoms with Gasteiger partial charge >= 0.3 is 0 Å². The average Bonchev–Trinajstić information content (AvgIpc) is 2.87. The predicted octanol–water partition coefficient (Wildman–Crippen LogP) is 3.23. The molecule has 2 heterocycles. The summed E-state index contributed by atoms with van der Waals surface area (Å²) < 4.78 is 11.1. The van der Waals surface area contributed by atoms with E-state index in [-0.39, 0.29) is 0 Å². The summed E-state index contributed by atoms with van der Waals surface area (Å²) in [6.45, 7) is 1.26. The predicted molar refractivity (Wildman–Crippen MR) is 70.3 cm³/mol. The summed E-state index contributed by atoms with van der Waals surface area (Å²) in [4.78, 5) is 1.23. The number of nitrogens with one attached hydrogen (secondary N) is 1. The maximum atomic E-state index is 5.58. The molecule has 0 saturated carbocycles. The molecule has 0 amide bonds. The standard InChI is InChI=1S/C13H13NO2S/c1-14-10-7-13(17-8-10)9-2-3-11-12(6-9)16-5-4-15-11/h2-3,6-8,14H,4-5H2,1H3. The first-order valence-corrected chi connectivity index (χ1v) is 6.41. The van der Waals surface area contributed by atoms with Gasteiger partial charge in [-0.05, 0) is 29.8 Å². The number of hydrogen-bond donors (Lipinski definition) is 1. The molecule has 1 aromatic heterocycles. The van der Waals surface area contributed by atoms with Crippen molar-refractivity contribution in [3.63, 3.8) is 0 Å². The number of fused-ring (bicyclic) bond motifs is 1. The molecule has 4 heteroatoms. The number of hydrogen-bond acceptors (Lipinski definition) is 4. The molecule has 0 spiro atoms. The van der Waals surface area contributed by atoms with E-state index < -0.39 is 0 Å². The summed E-state index contributed by atoms with van der Waals surface area (Å²) >= 11 is 1.72. The minimum Gasteiger partial charge on any atom is -0.486 e. The quantitative estimate of drug-likeness (QED) is 0.883. The molecule has 0 radical (unpaired) electrons. The smallest absolute Gasteiger partial charge is 0.162 e. The van der Waals surface area contributed by atoms with Crippen LogP contribution in [0.4, 0.5) is 5.69 Å². The zero-order valence-electron chi connectivity index (χ0n) is 9.53. The number of ether oxygens (including phenoxy) is 2. The van der Waals surface area contributed by atoms with Crippen molar-refractivity contribution in [3.8, 4) is 21.9 Å². The lowest BCUT2D eigenvalue weighted by Crippen LogP contribution is -2.15. The summed E-state index contributed by atoms with van der Waals surface area (Å²) in [5, 5.41) is 5.24. The van der Waals surface area contributed by atoms with Crippen molar-refractivity contribution in [2.75, 3.05) is 25.6 Å². The lowest BCUT2D eigenvalue weighted by atomic mass is 10.1. The second-order valence-electron chi connectivity index (χ2n) is 3.81. The van der Waals surface area contributed by atoms with Crippen molar-refractivity contribution in [3.05, 3.63) is 29.6 Å². The molecule has 17 heavy (non-hydrogen) atoms. The van der Waals surface area contributed by atoms with Crippen LogP contribution in [0.25, 0.3) is 10.4 Å². The summed E-state index contributed by atoms with van der Waals surface area (Å²) in [6, 6.07) is 8.22. The molecule has 1 N–H and O–H groups in total. The van der Waals surface area contributed by atoms with Crippen molar-refractivity contribution in [2.24, 2.45) is 0 Å². The Bertz CT molecular complexity index is 536. The Morgan fingerprint density at radius 3 is 2.71 bits per heavy atom. The van der Waals surface area contributed by atoms with Crippen LogP contribution in [0.15, 0.2) is 29.6 Å². The number of anilines is 1. The first-order chi connectivity index (χ1) is 8.36. The highest BCUT2D eigenvalue weighted by atomic mass is 32.1. The van der Waals surface area contributed by atoms with Gasteiger partial charge in [0.05, 0.1) is 0 Å². The Morgan fingerprint density at radius 2 is 1.94 bits per heavy atom. The first kappa shape index (κ1) is 10.5. The molecule has 0 atom stereocenters. The van der Waals surface area contributed by atoms with Crippen LogP contribution in [0.5, 0.6) is 11.5 Å². The Balaban J connectivity index is 1.97. The summed E-state index contributed by atoms with van der Waals surface area (Å²) in [6.07, 6.45) is 0. The zero-order valence-corrected chi connectivity index (χ0v) is 10.3. The maximum absolute atomic E-state index is 5.58. The lowest BCUT2D eigenvalue weighted by molar-refractivity contribution is 0.171. The molecule has 1 aliphatic heterocycles. The molecule has 1 aromatic carbocycles. The Kier molecular flexibility index (Phi) is 2.65. The van der Waals surface area contributed by atoms with Gasteiger partial charge in [-0.15, -0.1) is 11.3 Å². The van der Waals surface area contributed by atoms with Crippen LogP contribution >= 0.6 is 11.3 Å². The van der Waals surface area contributed by atoms with Crippen molar-refractivity contribution < 1.29 is 9.47 Å². The molecular formula is C13H13NO2S. The molecule has 0 bridgehead atoms. The highest BCUT2D eigenvalue weighted by molar-refractivity contribution is 7.14. The van der Waals surface area contributed by atoms with Gasteiger partial charge in [0.1, 0.15) is 13.2 Å². The van der Waals surface area contributed by atoms with Crippen LogP contribution < -0.4 is 14.8 Å². The summed E-state index contributed by atoms with van der Waals surface area (Å²) in [5.74, 6) is 1.68. The summed E-state index contributed by atoms with van der Waals surface area (Å²) in [7, 11) is 1.93. The lowest BCUT2D eigenvalue weighted by Gasteiger charge is -2.18. The van der Waals surface area contributed by atoms with E-state index in [4.69, 9.17) is 9.47 Å². The topological polar surface area (TPSA) is 30.5 Å². The van der Waals surface area contributed by atoms with Crippen molar-refractivity contribution in [2.45, 2.75) is 0 Å². The van der Waals surface area contributed by atoms with Gasteiger partial charge in [-0.3, -0.25) is 0 Å². The average molecular weight is 247 g/mol. The fourth-order valence-electron chi connectivity index (χ4n) is 1.82. The van der Waals surface area contributed by atoms with E-state index >= 15 is 0 Å². The molecule has 0 fully saturated rings. The maximum Gasteiger partial charge on any atom is 0.162 e. The Morgan fingerprint density at radius 1 is 1.12 bits per heavy atom. The monoisotopic (exact) mass is 247 g/mol. The third-order valence-corrected chi connectivity index (χ3v) is 3.69. The van der Waals surface area contributed by atoms with Gasteiger partial charge < -0.3 is 14.8 Å².